The number of pyridine rings is 4. The number of nitrogens with zero attached hydrogens (tertiary/aromatic N) is 9. The molecule has 0 bridgehead atoms. The van der Waals surface area contributed by atoms with Gasteiger partial charge in [-0.1, -0.05) is 86.7 Å². The number of ether oxygens (including phenoxy) is 4. The average Bonchev–Trinajstić information content (AvgIpc) is 4.25. The van der Waals surface area contributed by atoms with E-state index in [0.717, 1.165) is 124 Å². The lowest BCUT2D eigenvalue weighted by Crippen LogP contribution is -2.54. The third-order valence-corrected chi connectivity index (χ3v) is 16.1. The zero-order chi connectivity index (χ0) is 58.7. The molecule has 4 saturated heterocycles. The smallest absolute Gasteiger partial charge is 0.410 e. The van der Waals surface area contributed by atoms with Crippen LogP contribution in [0.4, 0.5) is 30.0 Å². The number of allylic oxidation sites excluding steroid dienone is 1. The summed E-state index contributed by atoms with van der Waals surface area (Å²) < 4.78 is 52.7. The van der Waals surface area contributed by atoms with E-state index < -0.39 is 0 Å². The Balaban J connectivity index is 0.000000149. The second kappa shape index (κ2) is 27.6. The molecule has 438 valence electrons. The maximum atomic E-state index is 13.7. The molecule has 2 amide bonds. The molecule has 5 aromatic heterocycles. The molecule has 4 aromatic carbocycles. The molecule has 0 radical (unpaired) electrons. The average molecular weight is 1210 g/mol. The van der Waals surface area contributed by atoms with Crippen LogP contribution in [0.1, 0.15) is 61.8 Å². The molecule has 18 heteroatoms. The molecule has 0 unspecified atom stereocenters. The Kier molecular flexibility index (Phi) is 19.0. The highest BCUT2D eigenvalue weighted by Gasteiger charge is 2.35. The van der Waals surface area contributed by atoms with Crippen LogP contribution in [0.25, 0.3) is 44.3 Å². The minimum absolute atomic E-state index is 0.146. The maximum Gasteiger partial charge on any atom is 0.410 e. The fourth-order valence-electron chi connectivity index (χ4n) is 10.9. The second-order valence-electron chi connectivity index (χ2n) is 21.4. The number of anilines is 2. The first-order valence-corrected chi connectivity index (χ1v) is 30.0. The fraction of sp³-hybridized carbons (Fsp3) is 0.313. The molecule has 0 saturated carbocycles. The summed E-state index contributed by atoms with van der Waals surface area (Å²) in [5.74, 6) is 2.19. The minimum atomic E-state index is -0.264. The molecule has 5 aliphatic rings. The Morgan fingerprint density at radius 3 is 1.59 bits per heavy atom. The van der Waals surface area contributed by atoms with Crippen molar-refractivity contribution >= 4 is 78.3 Å². The Bertz CT molecular complexity index is 3720. The van der Waals surface area contributed by atoms with Gasteiger partial charge in [0.05, 0.1) is 36.1 Å². The van der Waals surface area contributed by atoms with Gasteiger partial charge in [-0.2, -0.15) is 0 Å². The predicted molar refractivity (Wildman–Crippen MR) is 331 cm³/mol. The number of carbonyl (C=O) groups is 2. The van der Waals surface area contributed by atoms with Crippen molar-refractivity contribution in [3.05, 3.63) is 203 Å². The molecule has 14 rings (SSSR count). The largest absolute Gasteiger partial charge is 0.445 e. The molecule has 85 heavy (non-hydrogen) atoms. The van der Waals surface area contributed by atoms with E-state index in [1.54, 1.807) is 40.4 Å². The summed E-state index contributed by atoms with van der Waals surface area (Å²) in [6, 6.07) is 38.8. The molecule has 4 aliphatic heterocycles. The third-order valence-electron chi connectivity index (χ3n) is 15.7. The monoisotopic (exact) mass is 1210 g/mol. The summed E-state index contributed by atoms with van der Waals surface area (Å²) in [6.07, 6.45) is 18.2. The first-order chi connectivity index (χ1) is 41.6. The first kappa shape index (κ1) is 58.5. The summed E-state index contributed by atoms with van der Waals surface area (Å²) >= 11 is 3.22. The molecule has 4 fully saturated rings. The van der Waals surface area contributed by atoms with Crippen molar-refractivity contribution in [3.8, 4) is 5.82 Å². The van der Waals surface area contributed by atoms with Crippen LogP contribution in [0.2, 0.25) is 0 Å². The highest BCUT2D eigenvalue weighted by Crippen LogP contribution is 2.31. The van der Waals surface area contributed by atoms with Crippen LogP contribution in [-0.4, -0.2) is 123 Å². The van der Waals surface area contributed by atoms with Gasteiger partial charge in [0.25, 0.3) is 0 Å². The highest BCUT2D eigenvalue weighted by molar-refractivity contribution is 9.10. The van der Waals surface area contributed by atoms with Crippen molar-refractivity contribution in [2.75, 3.05) is 62.2 Å². The van der Waals surface area contributed by atoms with Gasteiger partial charge in [0.2, 0.25) is 0 Å². The number of halogens is 3. The van der Waals surface area contributed by atoms with Gasteiger partial charge in [-0.3, -0.25) is 4.57 Å². The number of carbonyl (C=O) groups excluding carboxylic acids is 2. The van der Waals surface area contributed by atoms with Crippen LogP contribution in [-0.2, 0) is 38.6 Å². The van der Waals surface area contributed by atoms with Crippen molar-refractivity contribution in [2.24, 2.45) is 0 Å². The van der Waals surface area contributed by atoms with Crippen LogP contribution in [0, 0.1) is 11.6 Å². The predicted octanol–water partition coefficient (Wildman–Crippen LogP) is 13.5. The molecule has 9 heterocycles. The molecule has 9 aromatic rings. The van der Waals surface area contributed by atoms with Gasteiger partial charge in [-0.05, 0) is 148 Å². The van der Waals surface area contributed by atoms with Crippen molar-refractivity contribution in [1.82, 2.24) is 34.3 Å². The van der Waals surface area contributed by atoms with E-state index in [0.29, 0.717) is 39.4 Å². The zero-order valence-electron chi connectivity index (χ0n) is 47.7. The number of aromatic nitrogens is 5. The topological polar surface area (TPSA) is 141 Å². The SMILES string of the molecule is CC.Fc1ccc2cnc(Br)cc2c1.O=C(OCc1ccccc1)N1CCC(OC2CN(c3cc4c(cn3)CC=C4)C2)CC1.O=C(OCc1ccccc1)N1CCC(OC2CN(c3cc4ccn(-c5cc6cc(F)ccc6cn5)c4cn3)C2)CC1. The summed E-state index contributed by atoms with van der Waals surface area (Å²) in [6.45, 7) is 10.6. The fourth-order valence-corrected chi connectivity index (χ4v) is 11.3. The van der Waals surface area contributed by atoms with E-state index in [4.69, 9.17) is 23.9 Å². The number of benzene rings is 4. The minimum Gasteiger partial charge on any atom is -0.445 e. The number of fused-ring (bicyclic) bond motifs is 4. The normalized spacial score (nSPS) is 16.1. The Hall–Kier alpha value is -8.32. The molecule has 0 N–H and O–H groups in total. The lowest BCUT2D eigenvalue weighted by Gasteiger charge is -2.42. The first-order valence-electron chi connectivity index (χ1n) is 29.2. The third kappa shape index (κ3) is 14.8. The quantitative estimate of drug-likeness (QED) is 0.114. The Labute approximate surface area is 501 Å². The van der Waals surface area contributed by atoms with Crippen molar-refractivity contribution in [3.63, 3.8) is 0 Å². The number of hydrogen-bond acceptors (Lipinski definition) is 12. The van der Waals surface area contributed by atoms with Crippen LogP contribution in [0.3, 0.4) is 0 Å². The zero-order valence-corrected chi connectivity index (χ0v) is 49.3. The molecule has 1 aliphatic carbocycles. The number of likely N-dealkylation sites (tertiary alicyclic amines) is 2. The van der Waals surface area contributed by atoms with E-state index in [9.17, 15) is 18.4 Å². The van der Waals surface area contributed by atoms with E-state index in [1.807, 2.05) is 110 Å². The Morgan fingerprint density at radius 1 is 0.529 bits per heavy atom. The second-order valence-corrected chi connectivity index (χ2v) is 22.3. The molecule has 15 nitrogen and oxygen atoms in total. The standard InChI is InChI=1S/C32H30FN5O3.C24H27N3O3.C9H5BrFN.C2H6/c33-26-7-6-24-17-34-31(16-25(24)14-26)38-13-8-23-15-30(35-18-29(23)38)37-19-28(20-37)41-27-9-11-36(12-10-27)32(39)40-21-22-4-2-1-3-5-22;28-24(29-17-18-5-2-1-3-6-18)26-11-9-21(10-12-26)30-22-15-27(16-22)23-13-19-7-4-8-20(19)14-25-23;10-9-4-7-3-8(11)2-1-6(7)5-12-9;1-2/h1-8,13-18,27-28H,9-12,19-21H2;1-7,13-14,21-22H,8-12,15-17H2;1-5H;1-2H3. The highest BCUT2D eigenvalue weighted by atomic mass is 79.9. The summed E-state index contributed by atoms with van der Waals surface area (Å²) in [5, 5.41) is 4.57. The van der Waals surface area contributed by atoms with Crippen molar-refractivity contribution in [2.45, 2.75) is 83.6 Å². The molecular formula is C67H68BrF2N9O6. The van der Waals surface area contributed by atoms with E-state index in [-0.39, 0.29) is 48.2 Å². The Morgan fingerprint density at radius 2 is 1.02 bits per heavy atom. The van der Waals surface area contributed by atoms with Gasteiger partial charge in [0.1, 0.15) is 46.9 Å². The van der Waals surface area contributed by atoms with Crippen LogP contribution in [0.15, 0.2) is 169 Å². The molecular weight excluding hydrogens is 1140 g/mol. The summed E-state index contributed by atoms with van der Waals surface area (Å²) in [5.41, 5.74) is 5.53. The number of rotatable bonds is 11. The number of amides is 2. The van der Waals surface area contributed by atoms with Gasteiger partial charge in [-0.25, -0.2) is 38.3 Å². The van der Waals surface area contributed by atoms with Gasteiger partial charge in [0.15, 0.2) is 0 Å². The van der Waals surface area contributed by atoms with Crippen molar-refractivity contribution in [1.29, 1.82) is 0 Å². The van der Waals surface area contributed by atoms with E-state index in [2.05, 4.69) is 65.0 Å². The maximum absolute atomic E-state index is 13.7. The summed E-state index contributed by atoms with van der Waals surface area (Å²) in [7, 11) is 0. The van der Waals surface area contributed by atoms with Gasteiger partial charge < -0.3 is 38.5 Å². The van der Waals surface area contributed by atoms with Crippen molar-refractivity contribution < 1.29 is 37.3 Å². The number of piperidine rings is 2. The summed E-state index contributed by atoms with van der Waals surface area (Å²) in [4.78, 5) is 50.7. The van der Waals surface area contributed by atoms with Crippen LogP contribution >= 0.6 is 15.9 Å². The van der Waals surface area contributed by atoms with Crippen LogP contribution < -0.4 is 9.80 Å². The molecule has 0 atom stereocenters. The van der Waals surface area contributed by atoms with Crippen LogP contribution in [0.5, 0.6) is 0 Å². The van der Waals surface area contributed by atoms with E-state index >= 15 is 0 Å². The lowest BCUT2D eigenvalue weighted by molar-refractivity contribution is -0.0521. The molecule has 0 spiro atoms. The number of hydrogen-bond donors (Lipinski definition) is 0. The van der Waals surface area contributed by atoms with E-state index in [1.165, 1.54) is 35.4 Å². The van der Waals surface area contributed by atoms with Gasteiger partial charge >= 0.3 is 12.2 Å². The van der Waals surface area contributed by atoms with Gasteiger partial charge in [0, 0.05) is 93.3 Å². The lowest BCUT2D eigenvalue weighted by atomic mass is 10.1. The van der Waals surface area contributed by atoms with Gasteiger partial charge in [-0.15, -0.1) is 0 Å².